The number of hydrogen-bond donors (Lipinski definition) is 5. The van der Waals surface area contributed by atoms with E-state index in [1.165, 1.54) is 42.5 Å². The van der Waals surface area contributed by atoms with Crippen LogP contribution in [-0.4, -0.2) is 133 Å². The van der Waals surface area contributed by atoms with E-state index in [1.807, 2.05) is 72.1 Å². The van der Waals surface area contributed by atoms with Crippen molar-refractivity contribution in [2.75, 3.05) is 57.6 Å². The molecule has 0 saturated carbocycles. The first-order valence-electron chi connectivity index (χ1n) is 31.2. The number of hydrogen-bond acceptors (Lipinski definition) is 10. The molecule has 99 heavy (non-hydrogen) atoms. The maximum atomic E-state index is 13.9. The second kappa shape index (κ2) is 38.6. The fourth-order valence-electron chi connectivity index (χ4n) is 10.2. The average Bonchev–Trinajstić information content (AvgIpc) is 1.66. The number of carbonyl (C=O) groups excluding carboxylic acids is 1. The van der Waals surface area contributed by atoms with E-state index in [2.05, 4.69) is 41.9 Å². The quantitative estimate of drug-likeness (QED) is 0.0288. The van der Waals surface area contributed by atoms with Crippen molar-refractivity contribution in [3.63, 3.8) is 0 Å². The van der Waals surface area contributed by atoms with Crippen LogP contribution in [0.15, 0.2) is 109 Å². The molecule has 0 aromatic heterocycles. The molecule has 2 aliphatic heterocycles. The predicted octanol–water partition coefficient (Wildman–Crippen LogP) is 16.3. The second-order valence-electron chi connectivity index (χ2n) is 27.4. The van der Waals surface area contributed by atoms with Crippen molar-refractivity contribution in [2.45, 2.75) is 148 Å². The number of nitriles is 1. The maximum absolute atomic E-state index is 13.9. The van der Waals surface area contributed by atoms with Crippen molar-refractivity contribution in [3.8, 4) is 6.07 Å². The molecule has 0 amide bonds. The number of Topliss-reactive ketones (excluding diaryl/α,β-unsaturated/α-hetero) is 1. The van der Waals surface area contributed by atoms with Crippen LogP contribution < -0.4 is 5.32 Å². The number of nitrogens with zero attached hydrogens (tertiary/aromatic N) is 5. The summed E-state index contributed by atoms with van der Waals surface area (Å²) in [5.41, 5.74) is 0.118. The van der Waals surface area contributed by atoms with Gasteiger partial charge in [-0.05, 0) is 131 Å². The highest BCUT2D eigenvalue weighted by atomic mass is 35.5. The van der Waals surface area contributed by atoms with Crippen molar-refractivity contribution >= 4 is 35.0 Å². The van der Waals surface area contributed by atoms with Crippen LogP contribution in [0.5, 0.6) is 0 Å². The number of carbonyl (C=O) groups is 2. The molecule has 5 N–H and O–H groups in total. The van der Waals surface area contributed by atoms with Crippen LogP contribution in [0.1, 0.15) is 158 Å². The normalized spacial score (nSPS) is 17.3. The van der Waals surface area contributed by atoms with Crippen LogP contribution in [0.2, 0.25) is 0 Å². The molecule has 26 heteroatoms. The Labute approximate surface area is 581 Å². The van der Waals surface area contributed by atoms with Gasteiger partial charge >= 0.3 is 5.97 Å². The summed E-state index contributed by atoms with van der Waals surface area (Å²) in [6.45, 7) is 34.2. The van der Waals surface area contributed by atoms with Crippen LogP contribution in [0.4, 0.5) is 52.7 Å². The number of ketones is 1. The smallest absolute Gasteiger partial charge is 0.308 e. The van der Waals surface area contributed by atoms with Crippen molar-refractivity contribution in [2.24, 2.45) is 5.92 Å². The van der Waals surface area contributed by atoms with Crippen LogP contribution in [0.3, 0.4) is 0 Å². The van der Waals surface area contributed by atoms with E-state index in [-0.39, 0.29) is 86.8 Å². The largest absolute Gasteiger partial charge is 0.481 e. The van der Waals surface area contributed by atoms with Gasteiger partial charge in [-0.15, -0.1) is 23.2 Å². The summed E-state index contributed by atoms with van der Waals surface area (Å²) < 4.78 is 156. The molecule has 0 radical (unpaired) electrons. The summed E-state index contributed by atoms with van der Waals surface area (Å²) in [7, 11) is 0. The van der Waals surface area contributed by atoms with Crippen molar-refractivity contribution in [3.05, 3.63) is 224 Å². The zero-order chi connectivity index (χ0) is 75.2. The van der Waals surface area contributed by atoms with E-state index in [1.54, 1.807) is 0 Å². The molecule has 7 atom stereocenters. The van der Waals surface area contributed by atoms with E-state index in [0.717, 1.165) is 54.6 Å². The molecule has 8 rings (SSSR count). The number of likely N-dealkylation sites (tertiary alicyclic amines) is 2. The van der Waals surface area contributed by atoms with Gasteiger partial charge in [0.2, 0.25) is 6.04 Å². The number of halogens is 14. The van der Waals surface area contributed by atoms with Gasteiger partial charge in [-0.2, -0.15) is 5.26 Å². The van der Waals surface area contributed by atoms with Gasteiger partial charge in [0.05, 0.1) is 60.1 Å². The maximum Gasteiger partial charge on any atom is 0.308 e. The number of alkyl halides is 2. The van der Waals surface area contributed by atoms with Gasteiger partial charge in [0.25, 0.3) is 0 Å². The minimum atomic E-state index is -1.08. The lowest BCUT2D eigenvalue weighted by Crippen LogP contribution is -2.44. The SMILES string of the molecule is CC(C)(C)N(CCC#N)C[C@@H](O)c1ccc(F)cc1F.CC(C)(C)N1C[C@@H](C(=O)O)[C@H](c2ccc(F)cc2F)C1.CC(C)(C)NC[C@@H](O)c1ccc(F)cc1F.O=C(CCl)c1ccc(F)cc1F.O[C@H](CCl)c1ccc(F)cc1F.[C-]#[N+]C1CN(C(C)(C)C)C[C@H]1c1ccc(F)cc1F. The molecule has 12 nitrogen and oxygen atoms in total. The second-order valence-corrected chi connectivity index (χ2v) is 27.9. The molecule has 0 aliphatic carbocycles. The molecule has 1 unspecified atom stereocenters. The Balaban J connectivity index is 0.000000312. The minimum absolute atomic E-state index is 0.0198. The van der Waals surface area contributed by atoms with E-state index >= 15 is 0 Å². The number of nitrogens with one attached hydrogen (secondary N) is 1. The van der Waals surface area contributed by atoms with Crippen LogP contribution in [0.25, 0.3) is 4.85 Å². The number of rotatable bonds is 15. The number of aliphatic hydroxyl groups excluding tert-OH is 3. The van der Waals surface area contributed by atoms with E-state index in [0.29, 0.717) is 56.8 Å². The first-order valence-corrected chi connectivity index (χ1v) is 32.3. The molecule has 6 aromatic rings. The number of benzene rings is 6. The number of aliphatic hydroxyl groups is 3. The summed E-state index contributed by atoms with van der Waals surface area (Å²) in [4.78, 5) is 32.0. The summed E-state index contributed by atoms with van der Waals surface area (Å²) in [6.07, 6.45) is -2.78. The third-order valence-electron chi connectivity index (χ3n) is 15.8. The lowest BCUT2D eigenvalue weighted by atomic mass is 9.88. The summed E-state index contributed by atoms with van der Waals surface area (Å²) in [5.74, 6) is -11.5. The number of β-amino-alcohol motifs (C(OH)–C–C–N with tert-alkyl or cyclic N) is 2. The molecular formula is C73H86Cl2F12N6O6. The monoisotopic (exact) mass is 1440 g/mol. The van der Waals surface area contributed by atoms with Gasteiger partial charge in [0.1, 0.15) is 69.8 Å². The Morgan fingerprint density at radius 3 is 1.31 bits per heavy atom. The number of carboxylic acids is 1. The zero-order valence-corrected chi connectivity index (χ0v) is 58.6. The zero-order valence-electron chi connectivity index (χ0n) is 57.1. The van der Waals surface area contributed by atoms with E-state index in [4.69, 9.17) is 40.1 Å². The predicted molar refractivity (Wildman–Crippen MR) is 358 cm³/mol. The van der Waals surface area contributed by atoms with Crippen molar-refractivity contribution in [1.29, 1.82) is 5.26 Å². The standard InChI is InChI=1S/C15H20F2N2O.C15H18F2N2.C15H19F2NO2.C12H17F2NO.C8H7ClF2O.C8H5ClF2O/c1-15(2,3)19(8-4-7-18)10-14(20)12-6-5-11(16)9-13(12)17;1-15(2,3)19-8-12(14(9-19)18-4)11-6-5-10(16)7-13(11)17;1-15(2,3)18-7-11(12(8-18)14(19)20)10-5-4-9(16)6-13(10)17;1-12(2,3)15-7-11(16)9-5-4-8(13)6-10(9)14;2*9-4-8(12)6-2-1-5(10)3-7(6)11/h5-6,9,14,20H,4,8,10H2,1-3H3;5-7,12,14H,8-9H2,1-3H3;4-6,11-12H,7-8H2,1-3H3,(H,19,20);4-6,11,15-16H,7H2,1-3H3;1-3,8,12H,4H2;1-3H,4H2/t14-;12-,14?;11-,12+;11-;8-;/m10011./s1. The van der Waals surface area contributed by atoms with Crippen molar-refractivity contribution in [1.82, 2.24) is 20.0 Å². The first-order chi connectivity index (χ1) is 45.9. The van der Waals surface area contributed by atoms with Crippen LogP contribution >= 0.6 is 23.2 Å². The fourth-order valence-corrected chi connectivity index (χ4v) is 10.5. The Bertz CT molecular complexity index is 3700. The van der Waals surface area contributed by atoms with Crippen LogP contribution in [-0.2, 0) is 4.79 Å². The molecule has 2 heterocycles. The molecule has 0 bridgehead atoms. The molecule has 2 aliphatic rings. The average molecular weight is 1440 g/mol. The lowest BCUT2D eigenvalue weighted by molar-refractivity contribution is -0.141. The minimum Gasteiger partial charge on any atom is -0.481 e. The molecule has 0 spiro atoms. The number of carboxylic acid groups (broad SMARTS) is 1. The van der Waals surface area contributed by atoms with Gasteiger partial charge in [-0.25, -0.2) is 59.3 Å². The fraction of sp³-hybridized carbons (Fsp3) is 0.452. The highest BCUT2D eigenvalue weighted by Crippen LogP contribution is 2.39. The summed E-state index contributed by atoms with van der Waals surface area (Å²) >= 11 is 10.5. The van der Waals surface area contributed by atoms with Gasteiger partial charge in [0, 0.05) is 132 Å². The third kappa shape index (κ3) is 27.7. The Morgan fingerprint density at radius 2 is 0.949 bits per heavy atom. The molecule has 2 saturated heterocycles. The van der Waals surface area contributed by atoms with Gasteiger partial charge < -0.3 is 30.6 Å². The lowest BCUT2D eigenvalue weighted by Gasteiger charge is -2.36. The summed E-state index contributed by atoms with van der Waals surface area (Å²) in [5, 5.41) is 50.0. The molecule has 2 fully saturated rings. The van der Waals surface area contributed by atoms with Crippen molar-refractivity contribution < 1.29 is 82.7 Å². The highest BCUT2D eigenvalue weighted by Gasteiger charge is 2.45. The van der Waals surface area contributed by atoms with E-state index < -0.39 is 112 Å². The molecule has 542 valence electrons. The van der Waals surface area contributed by atoms with Gasteiger partial charge in [-0.3, -0.25) is 24.3 Å². The molecule has 6 aromatic carbocycles. The number of aliphatic carboxylic acids is 1. The Morgan fingerprint density at radius 1 is 0.566 bits per heavy atom. The third-order valence-corrected chi connectivity index (χ3v) is 16.4. The summed E-state index contributed by atoms with van der Waals surface area (Å²) in [6, 6.07) is 20.8. The van der Waals surface area contributed by atoms with Crippen LogP contribution in [0, 0.1) is 93.6 Å². The van der Waals surface area contributed by atoms with Gasteiger partial charge in [-0.1, -0.05) is 30.3 Å². The van der Waals surface area contributed by atoms with E-state index in [9.17, 15) is 77.6 Å². The Hall–Kier alpha value is -7.10. The Kier molecular flexibility index (Phi) is 33.6. The molecular weight excluding hydrogens is 1360 g/mol. The van der Waals surface area contributed by atoms with Gasteiger partial charge in [0.15, 0.2) is 5.78 Å². The highest BCUT2D eigenvalue weighted by molar-refractivity contribution is 6.30. The first kappa shape index (κ1) is 86.1. The topological polar surface area (TPSA) is 165 Å².